The summed E-state index contributed by atoms with van der Waals surface area (Å²) in [6.45, 7) is 4.74. The first-order valence-corrected chi connectivity index (χ1v) is 10.1. The summed E-state index contributed by atoms with van der Waals surface area (Å²) in [4.78, 5) is 15.2. The van der Waals surface area contributed by atoms with Crippen molar-refractivity contribution in [1.82, 2.24) is 10.2 Å². The number of benzene rings is 2. The molecule has 142 valence electrons. The number of hydrogen-bond acceptors (Lipinski definition) is 3. The molecule has 1 N–H and O–H groups in total. The first-order valence-electron chi connectivity index (χ1n) is 10.1. The Labute approximate surface area is 161 Å². The van der Waals surface area contributed by atoms with Gasteiger partial charge in [-0.25, -0.2) is 0 Å². The molecule has 0 atom stereocenters. The minimum Gasteiger partial charge on any atom is -0.493 e. The quantitative estimate of drug-likeness (QED) is 0.880. The minimum atomic E-state index is 0.0454. The van der Waals surface area contributed by atoms with Crippen LogP contribution in [0.15, 0.2) is 48.5 Å². The third-order valence-corrected chi connectivity index (χ3v) is 5.71. The van der Waals surface area contributed by atoms with Gasteiger partial charge in [-0.3, -0.25) is 9.69 Å². The number of fused-ring (bicyclic) bond motifs is 1. The third-order valence-electron chi connectivity index (χ3n) is 5.71. The van der Waals surface area contributed by atoms with E-state index in [-0.39, 0.29) is 5.91 Å². The van der Waals surface area contributed by atoms with Crippen molar-refractivity contribution in [1.29, 1.82) is 0 Å². The number of carbonyl (C=O) groups excluding carboxylic acids is 1. The van der Waals surface area contributed by atoms with Crippen molar-refractivity contribution < 1.29 is 9.53 Å². The van der Waals surface area contributed by atoms with Crippen molar-refractivity contribution in [3.63, 3.8) is 0 Å². The number of rotatable bonds is 5. The fraction of sp³-hybridized carbons (Fsp3) is 0.435. The van der Waals surface area contributed by atoms with Gasteiger partial charge in [0.1, 0.15) is 5.75 Å². The van der Waals surface area contributed by atoms with Gasteiger partial charge in [0, 0.05) is 24.2 Å². The summed E-state index contributed by atoms with van der Waals surface area (Å²) in [6.07, 6.45) is 4.19. The molecule has 4 heteroatoms. The summed E-state index contributed by atoms with van der Waals surface area (Å²) in [6, 6.07) is 16.5. The monoisotopic (exact) mass is 364 g/mol. The van der Waals surface area contributed by atoms with Crippen molar-refractivity contribution in [3.8, 4) is 5.75 Å². The minimum absolute atomic E-state index is 0.0454. The molecule has 2 aromatic rings. The molecule has 0 spiro atoms. The molecule has 1 fully saturated rings. The number of nitrogens with one attached hydrogen (secondary N) is 1. The average Bonchev–Trinajstić information content (AvgIpc) is 2.73. The zero-order chi connectivity index (χ0) is 18.5. The molecule has 27 heavy (non-hydrogen) atoms. The summed E-state index contributed by atoms with van der Waals surface area (Å²) in [7, 11) is 0. The lowest BCUT2D eigenvalue weighted by atomic mass is 9.95. The summed E-state index contributed by atoms with van der Waals surface area (Å²) in [5.41, 5.74) is 3.23. The van der Waals surface area contributed by atoms with Crippen molar-refractivity contribution in [2.75, 3.05) is 26.2 Å². The average molecular weight is 364 g/mol. The second-order valence-electron chi connectivity index (χ2n) is 7.65. The largest absolute Gasteiger partial charge is 0.493 e. The lowest BCUT2D eigenvalue weighted by Gasteiger charge is -2.32. The highest BCUT2D eigenvalue weighted by atomic mass is 16.5. The van der Waals surface area contributed by atoms with Crippen LogP contribution in [0.3, 0.4) is 0 Å². The zero-order valence-electron chi connectivity index (χ0n) is 15.8. The Bertz CT molecular complexity index is 767. The van der Waals surface area contributed by atoms with Gasteiger partial charge in [0.25, 0.3) is 5.91 Å². The van der Waals surface area contributed by atoms with Gasteiger partial charge in [-0.2, -0.15) is 0 Å². The molecule has 2 heterocycles. The molecule has 0 bridgehead atoms. The van der Waals surface area contributed by atoms with Crippen LogP contribution in [-0.2, 0) is 13.0 Å². The van der Waals surface area contributed by atoms with Gasteiger partial charge in [0.15, 0.2) is 0 Å². The van der Waals surface area contributed by atoms with Crippen LogP contribution in [0.25, 0.3) is 0 Å². The first-order chi connectivity index (χ1) is 13.3. The SMILES string of the molecule is O=C(NCC1CCN(Cc2ccccc2)CC1)c1cccc2c1CCCO2. The van der Waals surface area contributed by atoms with Gasteiger partial charge >= 0.3 is 0 Å². The van der Waals surface area contributed by atoms with Crippen LogP contribution in [-0.4, -0.2) is 37.0 Å². The highest BCUT2D eigenvalue weighted by molar-refractivity contribution is 5.96. The summed E-state index contributed by atoms with van der Waals surface area (Å²) in [5, 5.41) is 3.17. The molecular formula is C23H28N2O2. The van der Waals surface area contributed by atoms with Gasteiger partial charge in [-0.15, -0.1) is 0 Å². The molecule has 0 aliphatic carbocycles. The number of likely N-dealkylation sites (tertiary alicyclic amines) is 1. The number of carbonyl (C=O) groups is 1. The first kappa shape index (κ1) is 18.1. The Morgan fingerprint density at radius 3 is 2.70 bits per heavy atom. The number of nitrogens with zero attached hydrogens (tertiary/aromatic N) is 1. The van der Waals surface area contributed by atoms with E-state index in [2.05, 4.69) is 40.5 Å². The third kappa shape index (κ3) is 4.51. The van der Waals surface area contributed by atoms with Crippen LogP contribution in [0.2, 0.25) is 0 Å². The van der Waals surface area contributed by atoms with E-state index >= 15 is 0 Å². The standard InChI is InChI=1S/C23H28N2O2/c26-23(21-8-4-10-22-20(21)9-5-15-27-22)24-16-18-11-13-25(14-12-18)17-19-6-2-1-3-7-19/h1-4,6-8,10,18H,5,9,11-17H2,(H,24,26). The highest BCUT2D eigenvalue weighted by Gasteiger charge is 2.22. The van der Waals surface area contributed by atoms with Crippen molar-refractivity contribution in [2.45, 2.75) is 32.2 Å². The molecule has 1 saturated heterocycles. The zero-order valence-corrected chi connectivity index (χ0v) is 15.8. The molecule has 0 radical (unpaired) electrons. The fourth-order valence-corrected chi connectivity index (χ4v) is 4.13. The van der Waals surface area contributed by atoms with E-state index in [1.54, 1.807) is 0 Å². The number of amides is 1. The van der Waals surface area contributed by atoms with Gasteiger partial charge in [0.05, 0.1) is 6.61 Å². The van der Waals surface area contributed by atoms with Crippen LogP contribution < -0.4 is 10.1 Å². The van der Waals surface area contributed by atoms with Crippen LogP contribution in [0.1, 0.15) is 40.7 Å². The molecule has 2 aromatic carbocycles. The molecular weight excluding hydrogens is 336 g/mol. The Balaban J connectivity index is 1.26. The Morgan fingerprint density at radius 2 is 1.89 bits per heavy atom. The van der Waals surface area contributed by atoms with Crippen LogP contribution in [0.5, 0.6) is 5.75 Å². The summed E-state index contributed by atoms with van der Waals surface area (Å²) in [5.74, 6) is 1.49. The Kier molecular flexibility index (Phi) is 5.73. The maximum absolute atomic E-state index is 12.7. The topological polar surface area (TPSA) is 41.6 Å². The van der Waals surface area contributed by atoms with Gasteiger partial charge < -0.3 is 10.1 Å². The van der Waals surface area contributed by atoms with Crippen LogP contribution in [0.4, 0.5) is 0 Å². The predicted octanol–water partition coefficient (Wildman–Crippen LogP) is 3.65. The number of hydrogen-bond donors (Lipinski definition) is 1. The Hall–Kier alpha value is -2.33. The van der Waals surface area contributed by atoms with Crippen LogP contribution >= 0.6 is 0 Å². The molecule has 1 amide bonds. The van der Waals surface area contributed by atoms with E-state index in [0.717, 1.165) is 75.3 Å². The molecule has 0 saturated carbocycles. The van der Waals surface area contributed by atoms with Crippen molar-refractivity contribution in [2.24, 2.45) is 5.92 Å². The molecule has 2 aliphatic rings. The van der Waals surface area contributed by atoms with Gasteiger partial charge in [-0.1, -0.05) is 36.4 Å². The van der Waals surface area contributed by atoms with Crippen LogP contribution in [0, 0.1) is 5.92 Å². The van der Waals surface area contributed by atoms with E-state index in [1.807, 2.05) is 18.2 Å². The molecule has 4 nitrogen and oxygen atoms in total. The lowest BCUT2D eigenvalue weighted by molar-refractivity contribution is 0.0933. The predicted molar refractivity (Wildman–Crippen MR) is 107 cm³/mol. The fourth-order valence-electron chi connectivity index (χ4n) is 4.13. The molecule has 0 unspecified atom stereocenters. The highest BCUT2D eigenvalue weighted by Crippen LogP contribution is 2.28. The van der Waals surface area contributed by atoms with E-state index in [0.29, 0.717) is 5.92 Å². The second kappa shape index (κ2) is 8.57. The lowest BCUT2D eigenvalue weighted by Crippen LogP contribution is -2.38. The normalized spacial score (nSPS) is 17.8. The van der Waals surface area contributed by atoms with E-state index in [1.165, 1.54) is 5.56 Å². The molecule has 0 aromatic heterocycles. The number of ether oxygens (including phenoxy) is 1. The van der Waals surface area contributed by atoms with Crippen molar-refractivity contribution >= 4 is 5.91 Å². The van der Waals surface area contributed by atoms with E-state index in [9.17, 15) is 4.79 Å². The number of piperidine rings is 1. The van der Waals surface area contributed by atoms with Crippen molar-refractivity contribution in [3.05, 3.63) is 65.2 Å². The van der Waals surface area contributed by atoms with Gasteiger partial charge in [0.2, 0.25) is 0 Å². The molecule has 2 aliphatic heterocycles. The molecule has 4 rings (SSSR count). The van der Waals surface area contributed by atoms with E-state index in [4.69, 9.17) is 4.74 Å². The second-order valence-corrected chi connectivity index (χ2v) is 7.65. The summed E-state index contributed by atoms with van der Waals surface area (Å²) >= 11 is 0. The summed E-state index contributed by atoms with van der Waals surface area (Å²) < 4.78 is 5.68. The smallest absolute Gasteiger partial charge is 0.251 e. The maximum atomic E-state index is 12.7. The Morgan fingerprint density at radius 1 is 1.07 bits per heavy atom. The maximum Gasteiger partial charge on any atom is 0.251 e. The van der Waals surface area contributed by atoms with E-state index < -0.39 is 0 Å². The van der Waals surface area contributed by atoms with Gasteiger partial charge in [-0.05, 0) is 62.4 Å².